The molecule has 7 heteroatoms. The van der Waals surface area contributed by atoms with Crippen molar-refractivity contribution >= 4 is 37.3 Å². The number of sulfonamides is 1. The van der Waals surface area contributed by atoms with E-state index in [-0.39, 0.29) is 5.54 Å². The summed E-state index contributed by atoms with van der Waals surface area (Å²) in [6.07, 6.45) is 0. The van der Waals surface area contributed by atoms with E-state index in [1.165, 1.54) is 11.3 Å². The molecule has 108 valence electrons. The zero-order valence-corrected chi connectivity index (χ0v) is 14.6. The topological polar surface area (TPSA) is 40.6 Å². The predicted octanol–water partition coefficient (Wildman–Crippen LogP) is 2.62. The number of halogens is 1. The van der Waals surface area contributed by atoms with E-state index < -0.39 is 10.0 Å². The van der Waals surface area contributed by atoms with Crippen LogP contribution in [-0.4, -0.2) is 49.3 Å². The normalized spacial score (nSPS) is 19.8. The fraction of sp³-hybridized carbons (Fsp3) is 0.667. The summed E-state index contributed by atoms with van der Waals surface area (Å²) in [7, 11) is -3.31. The van der Waals surface area contributed by atoms with Gasteiger partial charge >= 0.3 is 0 Å². The van der Waals surface area contributed by atoms with Crippen LogP contribution in [0.25, 0.3) is 0 Å². The van der Waals surface area contributed by atoms with Gasteiger partial charge in [-0.2, -0.15) is 4.31 Å². The van der Waals surface area contributed by atoms with Gasteiger partial charge in [0.25, 0.3) is 10.0 Å². The molecule has 0 bridgehead atoms. The minimum absolute atomic E-state index is 0.0990. The third-order valence-electron chi connectivity index (χ3n) is 3.33. The van der Waals surface area contributed by atoms with Crippen molar-refractivity contribution in [1.29, 1.82) is 0 Å². The average molecular weight is 367 g/mol. The number of piperazine rings is 1. The molecule has 0 radical (unpaired) electrons. The standard InChI is InChI=1S/C12H19BrN2O2S2/c1-12(2,3)14-6-8-15(9-7-14)19(16,17)11-5-4-10(13)18-11/h4-5H,6-9H2,1-3H3. The first-order valence-electron chi connectivity index (χ1n) is 6.22. The van der Waals surface area contributed by atoms with Gasteiger partial charge in [-0.1, -0.05) is 0 Å². The van der Waals surface area contributed by atoms with Crippen LogP contribution in [0.15, 0.2) is 20.1 Å². The van der Waals surface area contributed by atoms with Crippen LogP contribution >= 0.6 is 27.3 Å². The van der Waals surface area contributed by atoms with Gasteiger partial charge in [-0.05, 0) is 48.8 Å². The Bertz CT molecular complexity index is 540. The van der Waals surface area contributed by atoms with Crippen LogP contribution in [0.2, 0.25) is 0 Å². The summed E-state index contributed by atoms with van der Waals surface area (Å²) in [6.45, 7) is 9.18. The number of hydrogen-bond acceptors (Lipinski definition) is 4. The second kappa shape index (κ2) is 5.44. The Morgan fingerprint density at radius 1 is 1.16 bits per heavy atom. The number of nitrogens with zero attached hydrogens (tertiary/aromatic N) is 2. The summed E-state index contributed by atoms with van der Waals surface area (Å²) >= 11 is 4.58. The average Bonchev–Trinajstić information content (AvgIpc) is 2.76. The minimum Gasteiger partial charge on any atom is -0.296 e. The van der Waals surface area contributed by atoms with E-state index >= 15 is 0 Å². The van der Waals surface area contributed by atoms with E-state index in [1.807, 2.05) is 0 Å². The molecule has 0 saturated carbocycles. The molecule has 0 aromatic carbocycles. The van der Waals surface area contributed by atoms with E-state index in [4.69, 9.17) is 0 Å². The highest BCUT2D eigenvalue weighted by Gasteiger charge is 2.32. The van der Waals surface area contributed by atoms with Crippen molar-refractivity contribution in [2.24, 2.45) is 0 Å². The Morgan fingerprint density at radius 3 is 2.16 bits per heavy atom. The molecule has 1 fully saturated rings. The minimum atomic E-state index is -3.31. The number of rotatable bonds is 2. The Morgan fingerprint density at radius 2 is 1.74 bits per heavy atom. The van der Waals surface area contributed by atoms with Crippen molar-refractivity contribution in [3.8, 4) is 0 Å². The smallest absolute Gasteiger partial charge is 0.252 e. The molecule has 4 nitrogen and oxygen atoms in total. The molecule has 0 amide bonds. The second-order valence-corrected chi connectivity index (χ2v) is 10.2. The van der Waals surface area contributed by atoms with Gasteiger partial charge in [0.1, 0.15) is 4.21 Å². The number of hydrogen-bond donors (Lipinski definition) is 0. The molecule has 19 heavy (non-hydrogen) atoms. The zero-order valence-electron chi connectivity index (χ0n) is 11.4. The highest BCUT2D eigenvalue weighted by Crippen LogP contribution is 2.29. The maximum absolute atomic E-state index is 12.5. The van der Waals surface area contributed by atoms with E-state index in [1.54, 1.807) is 16.4 Å². The molecule has 1 saturated heterocycles. The second-order valence-electron chi connectivity index (χ2n) is 5.62. The summed E-state index contributed by atoms with van der Waals surface area (Å²) in [4.78, 5) is 2.32. The monoisotopic (exact) mass is 366 g/mol. The van der Waals surface area contributed by atoms with Crippen LogP contribution in [0, 0.1) is 0 Å². The third kappa shape index (κ3) is 3.39. The molecular formula is C12H19BrN2O2S2. The molecule has 1 aromatic heterocycles. The Hall–Kier alpha value is 0.0500. The largest absolute Gasteiger partial charge is 0.296 e. The van der Waals surface area contributed by atoms with Crippen molar-refractivity contribution < 1.29 is 8.42 Å². The first kappa shape index (κ1) is 15.4. The number of thiophene rings is 1. The lowest BCUT2D eigenvalue weighted by atomic mass is 10.1. The van der Waals surface area contributed by atoms with E-state index in [2.05, 4.69) is 41.6 Å². The lowest BCUT2D eigenvalue weighted by molar-refractivity contribution is 0.0922. The molecule has 1 aliphatic rings. The first-order chi connectivity index (χ1) is 8.71. The Balaban J connectivity index is 2.09. The van der Waals surface area contributed by atoms with Crippen molar-refractivity contribution in [3.63, 3.8) is 0 Å². The van der Waals surface area contributed by atoms with Crippen LogP contribution in [-0.2, 0) is 10.0 Å². The van der Waals surface area contributed by atoms with Gasteiger partial charge in [-0.15, -0.1) is 11.3 Å². The summed E-state index contributed by atoms with van der Waals surface area (Å²) in [5.41, 5.74) is 0.0990. The van der Waals surface area contributed by atoms with Gasteiger partial charge in [0.05, 0.1) is 3.79 Å². The summed E-state index contributed by atoms with van der Waals surface area (Å²) in [5.74, 6) is 0. The SMILES string of the molecule is CC(C)(C)N1CCN(S(=O)(=O)c2ccc(Br)s2)CC1. The first-order valence-corrected chi connectivity index (χ1v) is 9.27. The van der Waals surface area contributed by atoms with Crippen LogP contribution in [0.3, 0.4) is 0 Å². The molecule has 2 rings (SSSR count). The van der Waals surface area contributed by atoms with Crippen LogP contribution in [0.5, 0.6) is 0 Å². The predicted molar refractivity (Wildman–Crippen MR) is 82.1 cm³/mol. The van der Waals surface area contributed by atoms with Gasteiger partial charge in [-0.3, -0.25) is 4.90 Å². The molecule has 0 N–H and O–H groups in total. The highest BCUT2D eigenvalue weighted by atomic mass is 79.9. The quantitative estimate of drug-likeness (QED) is 0.807. The van der Waals surface area contributed by atoms with E-state index in [9.17, 15) is 8.42 Å². The molecule has 0 spiro atoms. The van der Waals surface area contributed by atoms with Crippen molar-refractivity contribution in [2.45, 2.75) is 30.5 Å². The molecule has 2 heterocycles. The van der Waals surface area contributed by atoms with Gasteiger partial charge in [0.15, 0.2) is 0 Å². The van der Waals surface area contributed by atoms with Gasteiger partial charge in [0, 0.05) is 31.7 Å². The van der Waals surface area contributed by atoms with E-state index in [0.717, 1.165) is 16.9 Å². The third-order valence-corrected chi connectivity index (χ3v) is 7.32. The molecule has 0 aliphatic carbocycles. The fourth-order valence-electron chi connectivity index (χ4n) is 2.16. The summed E-state index contributed by atoms with van der Waals surface area (Å²) in [5, 5.41) is 0. The molecular weight excluding hydrogens is 348 g/mol. The molecule has 1 aromatic rings. The maximum Gasteiger partial charge on any atom is 0.252 e. The fourth-order valence-corrected chi connectivity index (χ4v) is 5.75. The molecule has 1 aliphatic heterocycles. The maximum atomic E-state index is 12.5. The lowest BCUT2D eigenvalue weighted by Crippen LogP contribution is -2.54. The van der Waals surface area contributed by atoms with Crippen LogP contribution in [0.4, 0.5) is 0 Å². The summed E-state index contributed by atoms with van der Waals surface area (Å²) < 4.78 is 27.8. The Labute approximate surface area is 127 Å². The van der Waals surface area contributed by atoms with Crippen molar-refractivity contribution in [2.75, 3.05) is 26.2 Å². The van der Waals surface area contributed by atoms with E-state index in [0.29, 0.717) is 17.3 Å². The lowest BCUT2D eigenvalue weighted by Gasteiger charge is -2.41. The van der Waals surface area contributed by atoms with Gasteiger partial charge in [0.2, 0.25) is 0 Å². The van der Waals surface area contributed by atoms with Gasteiger partial charge in [-0.25, -0.2) is 8.42 Å². The van der Waals surface area contributed by atoms with Crippen LogP contribution in [0.1, 0.15) is 20.8 Å². The highest BCUT2D eigenvalue weighted by molar-refractivity contribution is 9.11. The van der Waals surface area contributed by atoms with Gasteiger partial charge < -0.3 is 0 Å². The zero-order chi connectivity index (χ0) is 14.3. The molecule has 0 atom stereocenters. The van der Waals surface area contributed by atoms with Crippen LogP contribution < -0.4 is 0 Å². The summed E-state index contributed by atoms with van der Waals surface area (Å²) in [6, 6.07) is 3.45. The van der Waals surface area contributed by atoms with Crippen molar-refractivity contribution in [3.05, 3.63) is 15.9 Å². The molecule has 0 unspecified atom stereocenters. The van der Waals surface area contributed by atoms with Crippen molar-refractivity contribution in [1.82, 2.24) is 9.21 Å². The Kier molecular flexibility index (Phi) is 4.42.